The minimum Gasteiger partial charge on any atom is -0.476 e. The van der Waals surface area contributed by atoms with Crippen LogP contribution >= 0.6 is 11.3 Å². The van der Waals surface area contributed by atoms with Crippen molar-refractivity contribution in [3.63, 3.8) is 0 Å². The molecule has 1 unspecified atom stereocenters. The molecule has 1 amide bonds. The Bertz CT molecular complexity index is 693. The third-order valence-electron chi connectivity index (χ3n) is 3.64. The monoisotopic (exact) mass is 306 g/mol. The summed E-state index contributed by atoms with van der Waals surface area (Å²) in [6.45, 7) is 3.09. The molecule has 1 aliphatic heterocycles. The van der Waals surface area contributed by atoms with Crippen LogP contribution in [0.25, 0.3) is 0 Å². The highest BCUT2D eigenvalue weighted by atomic mass is 32.1. The molecule has 2 aromatic heterocycles. The van der Waals surface area contributed by atoms with Gasteiger partial charge in [0.2, 0.25) is 0 Å². The second kappa shape index (κ2) is 5.28. The quantitative estimate of drug-likeness (QED) is 0.927. The lowest BCUT2D eigenvalue weighted by Gasteiger charge is -2.16. The second-order valence-electron chi connectivity index (χ2n) is 5.05. The van der Waals surface area contributed by atoms with Crippen molar-refractivity contribution in [1.82, 2.24) is 19.9 Å². The van der Waals surface area contributed by atoms with Crippen molar-refractivity contribution in [2.75, 3.05) is 13.1 Å². The molecule has 0 spiro atoms. The van der Waals surface area contributed by atoms with Gasteiger partial charge in [0, 0.05) is 18.5 Å². The predicted molar refractivity (Wildman–Crippen MR) is 75.6 cm³/mol. The van der Waals surface area contributed by atoms with E-state index in [0.717, 1.165) is 17.5 Å². The number of aromatic carboxylic acids is 1. The van der Waals surface area contributed by atoms with Crippen LogP contribution in [-0.2, 0) is 0 Å². The van der Waals surface area contributed by atoms with Gasteiger partial charge in [-0.15, -0.1) is 5.10 Å². The fourth-order valence-corrected chi connectivity index (χ4v) is 3.27. The molecule has 1 saturated heterocycles. The number of nitrogens with zero attached hydrogens (tertiary/aromatic N) is 4. The Balaban J connectivity index is 1.71. The average Bonchev–Trinajstić information content (AvgIpc) is 3.17. The lowest BCUT2D eigenvalue weighted by molar-refractivity contribution is 0.0689. The third-order valence-corrected chi connectivity index (χ3v) is 4.50. The van der Waals surface area contributed by atoms with Gasteiger partial charge < -0.3 is 10.0 Å². The molecule has 8 heteroatoms. The van der Waals surface area contributed by atoms with Crippen molar-refractivity contribution in [3.05, 3.63) is 33.8 Å². The summed E-state index contributed by atoms with van der Waals surface area (Å²) < 4.78 is 1.54. The molecule has 1 atom stereocenters. The van der Waals surface area contributed by atoms with Gasteiger partial charge in [-0.05, 0) is 24.3 Å². The van der Waals surface area contributed by atoms with E-state index >= 15 is 0 Å². The van der Waals surface area contributed by atoms with E-state index in [4.69, 9.17) is 5.11 Å². The van der Waals surface area contributed by atoms with Gasteiger partial charge in [0.1, 0.15) is 0 Å². The number of amides is 1. The van der Waals surface area contributed by atoms with E-state index in [-0.39, 0.29) is 17.6 Å². The molecule has 1 fully saturated rings. The number of carbonyl (C=O) groups excluding carboxylic acids is 1. The Morgan fingerprint density at radius 1 is 1.43 bits per heavy atom. The zero-order valence-corrected chi connectivity index (χ0v) is 12.2. The molecule has 21 heavy (non-hydrogen) atoms. The Hall–Kier alpha value is -2.22. The first-order valence-electron chi connectivity index (χ1n) is 6.53. The number of aryl methyl sites for hydroxylation is 1. The largest absolute Gasteiger partial charge is 0.476 e. The molecule has 1 N–H and O–H groups in total. The van der Waals surface area contributed by atoms with Crippen molar-refractivity contribution in [1.29, 1.82) is 0 Å². The Morgan fingerprint density at radius 3 is 2.86 bits per heavy atom. The average molecular weight is 306 g/mol. The van der Waals surface area contributed by atoms with Crippen LogP contribution < -0.4 is 0 Å². The van der Waals surface area contributed by atoms with Crippen molar-refractivity contribution in [3.8, 4) is 0 Å². The summed E-state index contributed by atoms with van der Waals surface area (Å²) >= 11 is 1.52. The fourth-order valence-electron chi connectivity index (χ4n) is 2.45. The summed E-state index contributed by atoms with van der Waals surface area (Å²) in [6, 6.07) is -0.0199. The Kier molecular flexibility index (Phi) is 3.46. The van der Waals surface area contributed by atoms with Gasteiger partial charge >= 0.3 is 5.97 Å². The maximum atomic E-state index is 12.4. The van der Waals surface area contributed by atoms with Gasteiger partial charge in [-0.25, -0.2) is 9.48 Å². The molecule has 0 aromatic carbocycles. The van der Waals surface area contributed by atoms with Crippen LogP contribution in [-0.4, -0.2) is 50.0 Å². The van der Waals surface area contributed by atoms with Crippen molar-refractivity contribution in [2.24, 2.45) is 0 Å². The van der Waals surface area contributed by atoms with Crippen LogP contribution in [0.1, 0.15) is 38.9 Å². The van der Waals surface area contributed by atoms with Gasteiger partial charge in [-0.1, -0.05) is 5.21 Å². The zero-order chi connectivity index (χ0) is 15.0. The maximum Gasteiger partial charge on any atom is 0.358 e. The summed E-state index contributed by atoms with van der Waals surface area (Å²) in [6.07, 6.45) is 2.16. The predicted octanol–water partition coefficient (Wildman–Crippen LogP) is 1.43. The molecular weight excluding hydrogens is 292 g/mol. The summed E-state index contributed by atoms with van der Waals surface area (Å²) in [5.41, 5.74) is 1.65. The molecule has 7 nitrogen and oxygen atoms in total. The molecule has 2 aromatic rings. The molecule has 110 valence electrons. The van der Waals surface area contributed by atoms with Crippen LogP contribution in [0.4, 0.5) is 0 Å². The lowest BCUT2D eigenvalue weighted by atomic mass is 10.2. The molecule has 3 heterocycles. The number of carbonyl (C=O) groups is 2. The molecule has 3 rings (SSSR count). The highest BCUT2D eigenvalue weighted by Crippen LogP contribution is 2.24. The van der Waals surface area contributed by atoms with Gasteiger partial charge in [0.25, 0.3) is 5.91 Å². The summed E-state index contributed by atoms with van der Waals surface area (Å²) in [7, 11) is 0. The molecule has 0 radical (unpaired) electrons. The number of aromatic nitrogens is 3. The molecule has 0 saturated carbocycles. The normalized spacial score (nSPS) is 18.1. The van der Waals surface area contributed by atoms with Crippen LogP contribution in [0.2, 0.25) is 0 Å². The van der Waals surface area contributed by atoms with Gasteiger partial charge in [0.05, 0.1) is 17.8 Å². The van der Waals surface area contributed by atoms with Gasteiger partial charge in [-0.3, -0.25) is 4.79 Å². The first-order chi connectivity index (χ1) is 10.1. The van der Waals surface area contributed by atoms with Gasteiger partial charge in [-0.2, -0.15) is 11.3 Å². The Morgan fingerprint density at radius 2 is 2.24 bits per heavy atom. The molecule has 0 bridgehead atoms. The maximum absolute atomic E-state index is 12.4. The summed E-state index contributed by atoms with van der Waals surface area (Å²) in [5, 5.41) is 20.1. The molecular formula is C13H14N4O3S. The number of carboxylic acids is 1. The van der Waals surface area contributed by atoms with Crippen molar-refractivity contribution in [2.45, 2.75) is 19.4 Å². The number of likely N-dealkylation sites (tertiary alicyclic amines) is 1. The Labute approximate surface area is 124 Å². The first-order valence-corrected chi connectivity index (χ1v) is 7.47. The van der Waals surface area contributed by atoms with Crippen LogP contribution in [0, 0.1) is 6.92 Å². The number of thiophene rings is 1. The lowest BCUT2D eigenvalue weighted by Crippen LogP contribution is -2.29. The van der Waals surface area contributed by atoms with E-state index in [1.807, 2.05) is 17.7 Å². The topological polar surface area (TPSA) is 88.3 Å². The number of hydrogen-bond donors (Lipinski definition) is 1. The van der Waals surface area contributed by atoms with E-state index in [9.17, 15) is 9.59 Å². The van der Waals surface area contributed by atoms with Crippen molar-refractivity contribution < 1.29 is 14.7 Å². The minimum atomic E-state index is -1.10. The SMILES string of the molecule is Cc1cscc1C(=O)N1CCC(n2cc(C(=O)O)nn2)C1. The highest BCUT2D eigenvalue weighted by molar-refractivity contribution is 7.08. The summed E-state index contributed by atoms with van der Waals surface area (Å²) in [4.78, 5) is 25.0. The van der Waals surface area contributed by atoms with E-state index in [0.29, 0.717) is 13.1 Å². The van der Waals surface area contributed by atoms with Crippen LogP contribution in [0.3, 0.4) is 0 Å². The fraction of sp³-hybridized carbons (Fsp3) is 0.385. The van der Waals surface area contributed by atoms with E-state index in [1.54, 1.807) is 4.90 Å². The zero-order valence-electron chi connectivity index (χ0n) is 11.4. The summed E-state index contributed by atoms with van der Waals surface area (Å²) in [5.74, 6) is -1.07. The van der Waals surface area contributed by atoms with E-state index < -0.39 is 5.97 Å². The highest BCUT2D eigenvalue weighted by Gasteiger charge is 2.30. The number of carboxylic acid groups (broad SMARTS) is 1. The van der Waals surface area contributed by atoms with E-state index in [2.05, 4.69) is 10.3 Å². The van der Waals surface area contributed by atoms with Crippen LogP contribution in [0.5, 0.6) is 0 Å². The number of hydrogen-bond acceptors (Lipinski definition) is 5. The van der Waals surface area contributed by atoms with E-state index in [1.165, 1.54) is 22.2 Å². The number of rotatable bonds is 3. The minimum absolute atomic E-state index is 0.0199. The first kappa shape index (κ1) is 13.7. The third kappa shape index (κ3) is 2.54. The molecule has 0 aliphatic carbocycles. The standard InChI is InChI=1S/C13H14N4O3S/c1-8-6-21-7-10(8)12(18)16-3-2-9(4-16)17-5-11(13(19)20)14-15-17/h5-7,9H,2-4H2,1H3,(H,19,20). The smallest absolute Gasteiger partial charge is 0.358 e. The second-order valence-corrected chi connectivity index (χ2v) is 5.79. The van der Waals surface area contributed by atoms with Crippen LogP contribution in [0.15, 0.2) is 17.0 Å². The van der Waals surface area contributed by atoms with Gasteiger partial charge in [0.15, 0.2) is 5.69 Å². The molecule has 1 aliphatic rings. The van der Waals surface area contributed by atoms with Crippen molar-refractivity contribution >= 4 is 23.2 Å².